The molecule has 1 aromatic carbocycles. The van der Waals surface area contributed by atoms with Crippen LogP contribution in [0.25, 0.3) is 10.1 Å². The van der Waals surface area contributed by atoms with Gasteiger partial charge in [0.1, 0.15) is 5.82 Å². The fraction of sp³-hybridized carbons (Fsp3) is 0.100. The van der Waals surface area contributed by atoms with Crippen molar-refractivity contribution in [2.24, 2.45) is 5.84 Å². The van der Waals surface area contributed by atoms with Crippen molar-refractivity contribution in [3.63, 3.8) is 0 Å². The summed E-state index contributed by atoms with van der Waals surface area (Å²) in [6.07, 6.45) is 0. The minimum absolute atomic E-state index is 0.295. The monoisotopic (exact) mass is 256 g/mol. The fourth-order valence-electron chi connectivity index (χ4n) is 1.57. The lowest BCUT2D eigenvalue weighted by Crippen LogP contribution is -2.29. The number of benzene rings is 1. The van der Waals surface area contributed by atoms with Crippen LogP contribution in [-0.4, -0.2) is 5.91 Å². The highest BCUT2D eigenvalue weighted by Gasteiger charge is 2.18. The Morgan fingerprint density at radius 1 is 1.56 bits per heavy atom. The predicted octanol–water partition coefficient (Wildman–Crippen LogP) is 2.07. The van der Waals surface area contributed by atoms with E-state index in [4.69, 9.17) is 5.84 Å². The molecule has 0 unspecified atom stereocenters. The van der Waals surface area contributed by atoms with Crippen molar-refractivity contribution >= 4 is 40.0 Å². The van der Waals surface area contributed by atoms with E-state index in [0.717, 1.165) is 4.70 Å². The summed E-state index contributed by atoms with van der Waals surface area (Å²) in [4.78, 5) is 11.9. The predicted molar refractivity (Wildman–Crippen MR) is 66.1 cm³/mol. The van der Waals surface area contributed by atoms with Gasteiger partial charge in [0.15, 0.2) is 0 Å². The third kappa shape index (κ3) is 1.68. The van der Waals surface area contributed by atoms with Gasteiger partial charge in [-0.3, -0.25) is 10.2 Å². The first-order valence-corrected chi connectivity index (χ1v) is 5.95. The molecule has 6 heteroatoms. The Labute approximate surface area is 101 Å². The van der Waals surface area contributed by atoms with Crippen molar-refractivity contribution in [3.8, 4) is 0 Å². The van der Waals surface area contributed by atoms with Gasteiger partial charge >= 0.3 is 0 Å². The molecule has 16 heavy (non-hydrogen) atoms. The van der Waals surface area contributed by atoms with E-state index in [1.165, 1.54) is 17.4 Å². The second-order valence-corrected chi connectivity index (χ2v) is 4.52. The van der Waals surface area contributed by atoms with E-state index >= 15 is 0 Å². The van der Waals surface area contributed by atoms with Gasteiger partial charge in [0.25, 0.3) is 5.91 Å². The minimum atomic E-state index is -0.412. The summed E-state index contributed by atoms with van der Waals surface area (Å²) >= 11 is 5.34. The first-order chi connectivity index (χ1) is 7.69. The lowest BCUT2D eigenvalue weighted by atomic mass is 10.1. The molecule has 0 saturated heterocycles. The maximum atomic E-state index is 13.6. The van der Waals surface area contributed by atoms with E-state index in [1.54, 1.807) is 12.1 Å². The average Bonchev–Trinajstić information content (AvgIpc) is 2.68. The SMILES string of the molecule is NNC(=O)c1sc2cccc(F)c2c1CS. The number of rotatable bonds is 2. The number of hydrazine groups is 1. The molecule has 0 saturated carbocycles. The van der Waals surface area contributed by atoms with Gasteiger partial charge in [-0.15, -0.1) is 11.3 Å². The van der Waals surface area contributed by atoms with Crippen LogP contribution < -0.4 is 11.3 Å². The standard InChI is InChI=1S/C10H9FN2OS2/c11-6-2-1-3-7-8(6)5(4-15)9(16-7)10(14)13-12/h1-3,15H,4,12H2,(H,13,14). The number of nitrogens with two attached hydrogens (primary N) is 1. The smallest absolute Gasteiger partial charge is 0.275 e. The van der Waals surface area contributed by atoms with Crippen LogP contribution in [-0.2, 0) is 5.75 Å². The van der Waals surface area contributed by atoms with E-state index in [9.17, 15) is 9.18 Å². The number of hydrogen-bond donors (Lipinski definition) is 3. The van der Waals surface area contributed by atoms with Crippen LogP contribution in [0.1, 0.15) is 15.2 Å². The van der Waals surface area contributed by atoms with E-state index in [2.05, 4.69) is 18.1 Å². The van der Waals surface area contributed by atoms with Crippen LogP contribution in [0.15, 0.2) is 18.2 Å². The number of hydrogen-bond acceptors (Lipinski definition) is 4. The van der Waals surface area contributed by atoms with Crippen LogP contribution in [0.3, 0.4) is 0 Å². The quantitative estimate of drug-likeness (QED) is 0.333. The Balaban J connectivity index is 2.77. The Kier molecular flexibility index (Phi) is 3.13. The van der Waals surface area contributed by atoms with Gasteiger partial charge in [-0.05, 0) is 17.7 Å². The molecule has 84 valence electrons. The summed E-state index contributed by atoms with van der Waals surface area (Å²) in [7, 11) is 0. The summed E-state index contributed by atoms with van der Waals surface area (Å²) < 4.78 is 14.3. The molecular formula is C10H9FN2OS2. The first-order valence-electron chi connectivity index (χ1n) is 4.50. The highest BCUT2D eigenvalue weighted by Crippen LogP contribution is 2.33. The second-order valence-electron chi connectivity index (χ2n) is 3.15. The maximum absolute atomic E-state index is 13.6. The zero-order chi connectivity index (χ0) is 11.7. The number of nitrogen functional groups attached to an aromatic ring is 1. The van der Waals surface area contributed by atoms with Gasteiger partial charge in [-0.2, -0.15) is 12.6 Å². The zero-order valence-corrected chi connectivity index (χ0v) is 9.87. The van der Waals surface area contributed by atoms with Crippen LogP contribution in [0.4, 0.5) is 4.39 Å². The Hall–Kier alpha value is -1.11. The fourth-order valence-corrected chi connectivity index (χ4v) is 3.13. The first kappa shape index (κ1) is 11.4. The molecule has 0 aliphatic rings. The van der Waals surface area contributed by atoms with Crippen LogP contribution in [0, 0.1) is 5.82 Å². The van der Waals surface area contributed by atoms with Crippen LogP contribution in [0.2, 0.25) is 0 Å². The molecule has 0 aliphatic heterocycles. The van der Waals surface area contributed by atoms with Gasteiger partial charge in [0.2, 0.25) is 0 Å². The van der Waals surface area contributed by atoms with Crippen molar-refractivity contribution in [2.45, 2.75) is 5.75 Å². The van der Waals surface area contributed by atoms with Gasteiger partial charge in [-0.25, -0.2) is 10.2 Å². The third-order valence-electron chi connectivity index (χ3n) is 2.26. The van der Waals surface area contributed by atoms with E-state index in [-0.39, 0.29) is 5.82 Å². The van der Waals surface area contributed by atoms with Crippen molar-refractivity contribution in [1.82, 2.24) is 5.43 Å². The van der Waals surface area contributed by atoms with Gasteiger partial charge in [0, 0.05) is 15.8 Å². The van der Waals surface area contributed by atoms with E-state index in [0.29, 0.717) is 21.6 Å². The molecule has 0 bridgehead atoms. The zero-order valence-electron chi connectivity index (χ0n) is 8.16. The largest absolute Gasteiger partial charge is 0.289 e. The molecule has 1 amide bonds. The maximum Gasteiger partial charge on any atom is 0.275 e. The Bertz CT molecular complexity index is 553. The second kappa shape index (κ2) is 4.40. The Morgan fingerprint density at radius 2 is 2.31 bits per heavy atom. The highest BCUT2D eigenvalue weighted by molar-refractivity contribution is 7.79. The molecule has 2 rings (SSSR count). The number of fused-ring (bicyclic) bond motifs is 1. The van der Waals surface area contributed by atoms with E-state index in [1.807, 2.05) is 0 Å². The minimum Gasteiger partial charge on any atom is -0.289 e. The van der Waals surface area contributed by atoms with Crippen molar-refractivity contribution in [3.05, 3.63) is 34.5 Å². The molecule has 0 spiro atoms. The summed E-state index contributed by atoms with van der Waals surface area (Å²) in [5, 5.41) is 0.459. The molecule has 1 aromatic heterocycles. The molecule has 0 aliphatic carbocycles. The van der Waals surface area contributed by atoms with Crippen LogP contribution in [0.5, 0.6) is 0 Å². The molecule has 1 heterocycles. The summed E-state index contributed by atoms with van der Waals surface area (Å²) in [5.41, 5.74) is 2.64. The molecule has 2 aromatic rings. The lowest BCUT2D eigenvalue weighted by Gasteiger charge is -1.99. The number of thiol groups is 1. The van der Waals surface area contributed by atoms with Crippen molar-refractivity contribution in [1.29, 1.82) is 0 Å². The number of halogens is 1. The topological polar surface area (TPSA) is 55.1 Å². The van der Waals surface area contributed by atoms with Crippen molar-refractivity contribution in [2.75, 3.05) is 0 Å². The van der Waals surface area contributed by atoms with Gasteiger partial charge in [0.05, 0.1) is 4.88 Å². The van der Waals surface area contributed by atoms with Crippen molar-refractivity contribution < 1.29 is 9.18 Å². The summed E-state index contributed by atoms with van der Waals surface area (Å²) in [6, 6.07) is 4.75. The van der Waals surface area contributed by atoms with Crippen LogP contribution >= 0.6 is 24.0 Å². The molecule has 3 N–H and O–H groups in total. The molecule has 3 nitrogen and oxygen atoms in total. The normalized spacial score (nSPS) is 10.7. The highest BCUT2D eigenvalue weighted by atomic mass is 32.1. The van der Waals surface area contributed by atoms with Gasteiger partial charge in [-0.1, -0.05) is 6.07 Å². The van der Waals surface area contributed by atoms with E-state index < -0.39 is 5.91 Å². The number of amides is 1. The number of thiophene rings is 1. The summed E-state index contributed by atoms with van der Waals surface area (Å²) in [6.45, 7) is 0. The molecule has 0 atom stereocenters. The average molecular weight is 256 g/mol. The lowest BCUT2D eigenvalue weighted by molar-refractivity contribution is 0.0957. The number of nitrogens with one attached hydrogen (secondary N) is 1. The number of carbonyl (C=O) groups excluding carboxylic acids is 1. The third-order valence-corrected chi connectivity index (χ3v) is 3.77. The molecule has 0 fully saturated rings. The van der Waals surface area contributed by atoms with Gasteiger partial charge < -0.3 is 0 Å². The summed E-state index contributed by atoms with van der Waals surface area (Å²) in [5.74, 6) is 4.62. The molecule has 0 radical (unpaired) electrons. The number of carbonyl (C=O) groups is 1. The Morgan fingerprint density at radius 3 is 2.94 bits per heavy atom. The molecular weight excluding hydrogens is 247 g/mol.